The third-order valence-electron chi connectivity index (χ3n) is 4.05. The number of halogens is 1. The van der Waals surface area contributed by atoms with Crippen molar-refractivity contribution in [3.63, 3.8) is 0 Å². The summed E-state index contributed by atoms with van der Waals surface area (Å²) in [5, 5.41) is 0. The van der Waals surface area contributed by atoms with Crippen LogP contribution in [0.2, 0.25) is 0 Å². The Kier molecular flexibility index (Phi) is 4.20. The average molecular weight is 297 g/mol. The van der Waals surface area contributed by atoms with Gasteiger partial charge in [-0.2, -0.15) is 0 Å². The van der Waals surface area contributed by atoms with Gasteiger partial charge < -0.3 is 10.3 Å². The fraction of sp³-hybridized carbons (Fsp3) is 0.278. The van der Waals surface area contributed by atoms with Gasteiger partial charge in [0, 0.05) is 19.0 Å². The zero-order valence-electron chi connectivity index (χ0n) is 12.7. The molecule has 1 unspecified atom stereocenters. The second kappa shape index (κ2) is 6.28. The number of aromatic nitrogens is 2. The van der Waals surface area contributed by atoms with Gasteiger partial charge in [-0.05, 0) is 43.2 Å². The van der Waals surface area contributed by atoms with Gasteiger partial charge in [-0.3, -0.25) is 0 Å². The quantitative estimate of drug-likeness (QED) is 0.783. The van der Waals surface area contributed by atoms with Gasteiger partial charge in [0.1, 0.15) is 11.6 Å². The summed E-state index contributed by atoms with van der Waals surface area (Å²) < 4.78 is 15.3. The second-order valence-electron chi connectivity index (χ2n) is 5.47. The van der Waals surface area contributed by atoms with E-state index in [0.717, 1.165) is 35.4 Å². The fourth-order valence-corrected chi connectivity index (χ4v) is 2.92. The molecule has 2 aromatic carbocycles. The van der Waals surface area contributed by atoms with Crippen LogP contribution in [0.15, 0.2) is 48.5 Å². The van der Waals surface area contributed by atoms with Crippen molar-refractivity contribution in [3.8, 4) is 0 Å². The van der Waals surface area contributed by atoms with E-state index in [1.54, 1.807) is 0 Å². The first-order valence-electron chi connectivity index (χ1n) is 7.62. The van der Waals surface area contributed by atoms with Gasteiger partial charge in [-0.1, -0.05) is 24.3 Å². The van der Waals surface area contributed by atoms with Gasteiger partial charge >= 0.3 is 0 Å². The lowest BCUT2D eigenvalue weighted by Gasteiger charge is -2.16. The number of benzene rings is 2. The SMILES string of the molecule is CCn1c(C(CN)Cc2ccc(F)cc2)nc2ccccc21. The van der Waals surface area contributed by atoms with Crippen molar-refractivity contribution in [2.24, 2.45) is 5.73 Å². The number of nitrogens with two attached hydrogens (primary N) is 1. The first-order chi connectivity index (χ1) is 10.7. The highest BCUT2D eigenvalue weighted by Gasteiger charge is 2.19. The molecule has 1 aromatic heterocycles. The lowest BCUT2D eigenvalue weighted by Crippen LogP contribution is -2.19. The molecule has 2 N–H and O–H groups in total. The van der Waals surface area contributed by atoms with Gasteiger partial charge in [0.15, 0.2) is 0 Å². The number of hydrogen-bond donors (Lipinski definition) is 1. The molecule has 0 aliphatic heterocycles. The van der Waals surface area contributed by atoms with Gasteiger partial charge in [0.25, 0.3) is 0 Å². The minimum atomic E-state index is -0.214. The summed E-state index contributed by atoms with van der Waals surface area (Å²) >= 11 is 0. The van der Waals surface area contributed by atoms with E-state index in [1.807, 2.05) is 30.3 Å². The lowest BCUT2D eigenvalue weighted by molar-refractivity contribution is 0.595. The van der Waals surface area contributed by atoms with Gasteiger partial charge in [0.05, 0.1) is 11.0 Å². The number of imidazole rings is 1. The Labute approximate surface area is 129 Å². The number of hydrogen-bond acceptors (Lipinski definition) is 2. The zero-order chi connectivity index (χ0) is 15.5. The van der Waals surface area contributed by atoms with Gasteiger partial charge in [-0.15, -0.1) is 0 Å². The molecular weight excluding hydrogens is 277 g/mol. The van der Waals surface area contributed by atoms with Gasteiger partial charge in [-0.25, -0.2) is 9.37 Å². The molecule has 4 heteroatoms. The zero-order valence-corrected chi connectivity index (χ0v) is 12.7. The molecule has 3 aromatic rings. The average Bonchev–Trinajstić information content (AvgIpc) is 2.92. The summed E-state index contributed by atoms with van der Waals surface area (Å²) in [6.45, 7) is 3.49. The Balaban J connectivity index is 1.97. The van der Waals surface area contributed by atoms with Crippen molar-refractivity contribution in [2.75, 3.05) is 6.54 Å². The lowest BCUT2D eigenvalue weighted by atomic mass is 9.98. The van der Waals surface area contributed by atoms with E-state index in [2.05, 4.69) is 17.6 Å². The summed E-state index contributed by atoms with van der Waals surface area (Å²) in [5.74, 6) is 0.919. The van der Waals surface area contributed by atoms with Crippen molar-refractivity contribution < 1.29 is 4.39 Å². The maximum atomic E-state index is 13.0. The molecule has 22 heavy (non-hydrogen) atoms. The summed E-state index contributed by atoms with van der Waals surface area (Å²) in [4.78, 5) is 4.78. The molecule has 114 valence electrons. The maximum Gasteiger partial charge on any atom is 0.123 e. The maximum absolute atomic E-state index is 13.0. The van der Waals surface area contributed by atoms with Crippen LogP contribution >= 0.6 is 0 Å². The first kappa shape index (κ1) is 14.7. The molecule has 0 amide bonds. The summed E-state index contributed by atoms with van der Waals surface area (Å²) in [6, 6.07) is 14.7. The second-order valence-corrected chi connectivity index (χ2v) is 5.47. The first-order valence-corrected chi connectivity index (χ1v) is 7.62. The Morgan fingerprint density at radius 3 is 2.55 bits per heavy atom. The van der Waals surface area contributed by atoms with Crippen LogP contribution in [0.3, 0.4) is 0 Å². The van der Waals surface area contributed by atoms with E-state index in [9.17, 15) is 4.39 Å². The van der Waals surface area contributed by atoms with Crippen LogP contribution < -0.4 is 5.73 Å². The Hall–Kier alpha value is -2.20. The van der Waals surface area contributed by atoms with Crippen LogP contribution in [0.25, 0.3) is 11.0 Å². The number of fused-ring (bicyclic) bond motifs is 1. The minimum Gasteiger partial charge on any atom is -0.330 e. The summed E-state index contributed by atoms with van der Waals surface area (Å²) in [6.07, 6.45) is 0.764. The van der Waals surface area contributed by atoms with Crippen molar-refractivity contribution >= 4 is 11.0 Å². The molecule has 0 saturated carbocycles. The summed E-state index contributed by atoms with van der Waals surface area (Å²) in [5.41, 5.74) is 9.21. The van der Waals surface area contributed by atoms with Crippen molar-refractivity contribution in [2.45, 2.75) is 25.8 Å². The van der Waals surface area contributed by atoms with Crippen LogP contribution in [-0.4, -0.2) is 16.1 Å². The monoisotopic (exact) mass is 297 g/mol. The Morgan fingerprint density at radius 2 is 1.86 bits per heavy atom. The number of para-hydroxylation sites is 2. The number of nitrogens with zero attached hydrogens (tertiary/aromatic N) is 2. The third-order valence-corrected chi connectivity index (χ3v) is 4.05. The molecule has 0 radical (unpaired) electrons. The topological polar surface area (TPSA) is 43.8 Å². The van der Waals surface area contributed by atoms with E-state index in [-0.39, 0.29) is 11.7 Å². The highest BCUT2D eigenvalue weighted by atomic mass is 19.1. The van der Waals surface area contributed by atoms with Crippen LogP contribution in [0.1, 0.15) is 24.2 Å². The van der Waals surface area contributed by atoms with Crippen molar-refractivity contribution in [1.82, 2.24) is 9.55 Å². The van der Waals surface area contributed by atoms with E-state index < -0.39 is 0 Å². The number of aryl methyl sites for hydroxylation is 1. The Morgan fingerprint density at radius 1 is 1.14 bits per heavy atom. The molecule has 3 nitrogen and oxygen atoms in total. The molecule has 0 bridgehead atoms. The van der Waals surface area contributed by atoms with Gasteiger partial charge in [0.2, 0.25) is 0 Å². The van der Waals surface area contributed by atoms with E-state index in [4.69, 9.17) is 10.7 Å². The minimum absolute atomic E-state index is 0.123. The van der Waals surface area contributed by atoms with Crippen LogP contribution in [0, 0.1) is 5.82 Å². The Bertz CT molecular complexity index is 762. The fourth-order valence-electron chi connectivity index (χ4n) is 2.92. The molecule has 0 fully saturated rings. The molecule has 3 rings (SSSR count). The molecule has 0 aliphatic carbocycles. The smallest absolute Gasteiger partial charge is 0.123 e. The summed E-state index contributed by atoms with van der Waals surface area (Å²) in [7, 11) is 0. The largest absolute Gasteiger partial charge is 0.330 e. The van der Waals surface area contributed by atoms with Crippen molar-refractivity contribution in [3.05, 3.63) is 65.7 Å². The van der Waals surface area contributed by atoms with E-state index in [0.29, 0.717) is 6.54 Å². The standard InChI is InChI=1S/C18H20FN3/c1-2-22-17-6-4-3-5-16(17)21-18(22)14(12-20)11-13-7-9-15(19)10-8-13/h3-10,14H,2,11-12,20H2,1H3. The highest BCUT2D eigenvalue weighted by molar-refractivity contribution is 5.76. The molecular formula is C18H20FN3. The predicted molar refractivity (Wildman–Crippen MR) is 87.3 cm³/mol. The number of rotatable bonds is 5. The van der Waals surface area contributed by atoms with E-state index in [1.165, 1.54) is 12.1 Å². The highest BCUT2D eigenvalue weighted by Crippen LogP contribution is 2.24. The molecule has 0 saturated heterocycles. The van der Waals surface area contributed by atoms with Crippen molar-refractivity contribution in [1.29, 1.82) is 0 Å². The molecule has 0 spiro atoms. The van der Waals surface area contributed by atoms with E-state index >= 15 is 0 Å². The van der Waals surface area contributed by atoms with Crippen LogP contribution in [0.4, 0.5) is 4.39 Å². The normalized spacial score (nSPS) is 12.7. The molecule has 1 heterocycles. The third kappa shape index (κ3) is 2.74. The van der Waals surface area contributed by atoms with Crippen LogP contribution in [-0.2, 0) is 13.0 Å². The molecule has 1 atom stereocenters. The van der Waals surface area contributed by atoms with Crippen LogP contribution in [0.5, 0.6) is 0 Å². The predicted octanol–water partition coefficient (Wildman–Crippen LogP) is 3.48. The molecule has 0 aliphatic rings.